The van der Waals surface area contributed by atoms with Crippen molar-refractivity contribution in [3.63, 3.8) is 0 Å². The third kappa shape index (κ3) is 2.57. The first-order valence-corrected chi connectivity index (χ1v) is 7.34. The molecule has 8 heteroatoms. The Morgan fingerprint density at radius 3 is 2.95 bits per heavy atom. The van der Waals surface area contributed by atoms with E-state index in [1.807, 2.05) is 30.0 Å². The van der Waals surface area contributed by atoms with Crippen molar-refractivity contribution in [1.29, 1.82) is 0 Å². The van der Waals surface area contributed by atoms with Gasteiger partial charge < -0.3 is 14.6 Å². The molecule has 2 amide bonds. The molecule has 1 aliphatic rings. The van der Waals surface area contributed by atoms with Crippen molar-refractivity contribution >= 4 is 17.5 Å². The number of carbonyl (C=O) groups excluding carboxylic acids is 1. The highest BCUT2D eigenvalue weighted by Crippen LogP contribution is 2.20. The number of fused-ring (bicyclic) bond motifs is 1. The summed E-state index contributed by atoms with van der Waals surface area (Å²) in [6.07, 6.45) is 1.65. The third-order valence-electron chi connectivity index (χ3n) is 3.79. The zero-order chi connectivity index (χ0) is 15.7. The van der Waals surface area contributed by atoms with E-state index < -0.39 is 0 Å². The number of ether oxygens (including phenoxy) is 1. The molecule has 2 aromatic rings. The summed E-state index contributed by atoms with van der Waals surface area (Å²) in [5.41, 5.74) is 2.50. The maximum absolute atomic E-state index is 12.2. The van der Waals surface area contributed by atoms with Crippen LogP contribution in [0.25, 0.3) is 0 Å². The zero-order valence-electron chi connectivity index (χ0n) is 13.0. The Balaban J connectivity index is 1.73. The number of amides is 2. The maximum Gasteiger partial charge on any atom is 0.324 e. The Bertz CT molecular complexity index is 702. The van der Waals surface area contributed by atoms with Gasteiger partial charge in [0.05, 0.1) is 29.9 Å². The van der Waals surface area contributed by atoms with Crippen molar-refractivity contribution < 1.29 is 9.53 Å². The van der Waals surface area contributed by atoms with Crippen LogP contribution in [0.15, 0.2) is 6.20 Å². The molecule has 0 atom stereocenters. The Morgan fingerprint density at radius 1 is 1.41 bits per heavy atom. The highest BCUT2D eigenvalue weighted by Gasteiger charge is 2.17. The first-order chi connectivity index (χ1) is 10.6. The molecule has 0 aromatic carbocycles. The van der Waals surface area contributed by atoms with Crippen molar-refractivity contribution in [2.45, 2.75) is 40.5 Å². The average molecular weight is 304 g/mol. The molecule has 2 aromatic heterocycles. The fourth-order valence-corrected chi connectivity index (χ4v) is 2.64. The Kier molecular flexibility index (Phi) is 3.84. The smallest absolute Gasteiger partial charge is 0.324 e. The molecule has 1 aliphatic heterocycles. The number of imidazole rings is 1. The number of urea groups is 1. The fourth-order valence-electron chi connectivity index (χ4n) is 2.64. The molecule has 0 saturated carbocycles. The summed E-state index contributed by atoms with van der Waals surface area (Å²) in [5.74, 6) is 1.50. The highest BCUT2D eigenvalue weighted by atomic mass is 16.5. The van der Waals surface area contributed by atoms with Crippen LogP contribution in [-0.4, -0.2) is 32.0 Å². The van der Waals surface area contributed by atoms with E-state index in [4.69, 9.17) is 4.74 Å². The monoisotopic (exact) mass is 304 g/mol. The number of nitrogens with zero attached hydrogens (tertiary/aromatic N) is 4. The summed E-state index contributed by atoms with van der Waals surface area (Å²) in [6.45, 7) is 8.41. The second kappa shape index (κ2) is 5.80. The molecule has 0 radical (unpaired) electrons. The van der Waals surface area contributed by atoms with Gasteiger partial charge in [-0.05, 0) is 20.8 Å². The quantitative estimate of drug-likeness (QED) is 0.906. The van der Waals surface area contributed by atoms with Crippen molar-refractivity contribution in [2.75, 3.05) is 17.2 Å². The van der Waals surface area contributed by atoms with Crippen LogP contribution < -0.4 is 10.6 Å². The molecular weight excluding hydrogens is 284 g/mol. The van der Waals surface area contributed by atoms with Gasteiger partial charge in [-0.1, -0.05) is 0 Å². The minimum Gasteiger partial charge on any atom is -0.372 e. The van der Waals surface area contributed by atoms with Crippen molar-refractivity contribution in [1.82, 2.24) is 19.3 Å². The number of aromatic nitrogens is 4. The lowest BCUT2D eigenvalue weighted by Crippen LogP contribution is -2.24. The van der Waals surface area contributed by atoms with Gasteiger partial charge in [0, 0.05) is 13.1 Å². The van der Waals surface area contributed by atoms with Gasteiger partial charge in [-0.3, -0.25) is 10.00 Å². The van der Waals surface area contributed by atoms with Crippen LogP contribution >= 0.6 is 0 Å². The van der Waals surface area contributed by atoms with Crippen LogP contribution in [-0.2, 0) is 24.4 Å². The van der Waals surface area contributed by atoms with Crippen LogP contribution in [0.5, 0.6) is 0 Å². The average Bonchev–Trinajstić information content (AvgIpc) is 3.03. The van der Waals surface area contributed by atoms with Gasteiger partial charge >= 0.3 is 6.03 Å². The molecule has 0 unspecified atom stereocenters. The van der Waals surface area contributed by atoms with E-state index in [2.05, 4.69) is 20.7 Å². The van der Waals surface area contributed by atoms with Gasteiger partial charge in [-0.25, -0.2) is 9.78 Å². The topological polar surface area (TPSA) is 86.0 Å². The van der Waals surface area contributed by atoms with Gasteiger partial charge in [0.1, 0.15) is 18.2 Å². The summed E-state index contributed by atoms with van der Waals surface area (Å²) in [4.78, 5) is 16.5. The van der Waals surface area contributed by atoms with Crippen LogP contribution in [0.4, 0.5) is 16.3 Å². The second-order valence-electron chi connectivity index (χ2n) is 5.20. The normalized spacial score (nSPS) is 13.8. The SMILES string of the molecule is CCn1nc(C)c(NC(=O)Nc2cnc3n2CCOC3)c1C. The Labute approximate surface area is 128 Å². The van der Waals surface area contributed by atoms with E-state index in [0.29, 0.717) is 25.6 Å². The fraction of sp³-hybridized carbons (Fsp3) is 0.500. The molecule has 0 spiro atoms. The van der Waals surface area contributed by atoms with Gasteiger partial charge in [-0.15, -0.1) is 0 Å². The number of carbonyl (C=O) groups is 1. The molecule has 2 N–H and O–H groups in total. The molecule has 0 aliphatic carbocycles. The number of anilines is 2. The molecule has 3 heterocycles. The van der Waals surface area contributed by atoms with E-state index in [9.17, 15) is 4.79 Å². The van der Waals surface area contributed by atoms with Gasteiger partial charge in [0.15, 0.2) is 0 Å². The van der Waals surface area contributed by atoms with Crippen molar-refractivity contribution in [3.8, 4) is 0 Å². The van der Waals surface area contributed by atoms with E-state index >= 15 is 0 Å². The molecule has 3 rings (SSSR count). The van der Waals surface area contributed by atoms with Crippen molar-refractivity contribution in [3.05, 3.63) is 23.4 Å². The molecule has 0 bridgehead atoms. The summed E-state index contributed by atoms with van der Waals surface area (Å²) in [7, 11) is 0. The number of nitrogens with one attached hydrogen (secondary N) is 2. The first kappa shape index (κ1) is 14.6. The molecule has 118 valence electrons. The van der Waals surface area contributed by atoms with E-state index in [0.717, 1.165) is 29.4 Å². The van der Waals surface area contributed by atoms with Gasteiger partial charge in [0.25, 0.3) is 0 Å². The number of rotatable bonds is 3. The predicted octanol–water partition coefficient (Wildman–Crippen LogP) is 1.89. The predicted molar refractivity (Wildman–Crippen MR) is 81.9 cm³/mol. The highest BCUT2D eigenvalue weighted by molar-refractivity contribution is 5.99. The standard InChI is InChI=1S/C14H20N6O2/c1-4-20-10(3)13(9(2)18-20)17-14(21)16-11-7-15-12-8-22-6-5-19(11)12/h7H,4-6,8H2,1-3H3,(H2,16,17,21). The number of aryl methyl sites for hydroxylation is 2. The van der Waals surface area contributed by atoms with Crippen LogP contribution in [0.1, 0.15) is 24.1 Å². The van der Waals surface area contributed by atoms with Crippen molar-refractivity contribution in [2.24, 2.45) is 0 Å². The number of hydrogen-bond acceptors (Lipinski definition) is 4. The second-order valence-corrected chi connectivity index (χ2v) is 5.20. The van der Waals surface area contributed by atoms with Crippen LogP contribution in [0, 0.1) is 13.8 Å². The maximum atomic E-state index is 12.2. The van der Waals surface area contributed by atoms with E-state index in [-0.39, 0.29) is 6.03 Å². The lowest BCUT2D eigenvalue weighted by atomic mass is 10.3. The molecule has 8 nitrogen and oxygen atoms in total. The number of hydrogen-bond donors (Lipinski definition) is 2. The summed E-state index contributed by atoms with van der Waals surface area (Å²) < 4.78 is 9.15. The first-order valence-electron chi connectivity index (χ1n) is 7.34. The lowest BCUT2D eigenvalue weighted by molar-refractivity contribution is 0.0823. The van der Waals surface area contributed by atoms with Gasteiger partial charge in [-0.2, -0.15) is 5.10 Å². The molecule has 0 fully saturated rings. The van der Waals surface area contributed by atoms with E-state index in [1.54, 1.807) is 6.20 Å². The summed E-state index contributed by atoms with van der Waals surface area (Å²) in [5, 5.41) is 10.1. The minimum atomic E-state index is -0.295. The van der Waals surface area contributed by atoms with Crippen LogP contribution in [0.2, 0.25) is 0 Å². The Morgan fingerprint density at radius 2 is 2.23 bits per heavy atom. The lowest BCUT2D eigenvalue weighted by Gasteiger charge is -2.17. The van der Waals surface area contributed by atoms with E-state index in [1.165, 1.54) is 0 Å². The van der Waals surface area contributed by atoms with Gasteiger partial charge in [0.2, 0.25) is 0 Å². The molecular formula is C14H20N6O2. The Hall–Kier alpha value is -2.35. The molecule has 22 heavy (non-hydrogen) atoms. The summed E-state index contributed by atoms with van der Waals surface area (Å²) in [6, 6.07) is -0.295. The largest absolute Gasteiger partial charge is 0.372 e. The molecule has 0 saturated heterocycles. The van der Waals surface area contributed by atoms with Crippen LogP contribution in [0.3, 0.4) is 0 Å². The zero-order valence-corrected chi connectivity index (χ0v) is 13.0. The third-order valence-corrected chi connectivity index (χ3v) is 3.79. The minimum absolute atomic E-state index is 0.295. The summed E-state index contributed by atoms with van der Waals surface area (Å²) >= 11 is 0.